The zero-order chi connectivity index (χ0) is 36.8. The van der Waals surface area contributed by atoms with Gasteiger partial charge in [-0.3, -0.25) is 14.6 Å². The van der Waals surface area contributed by atoms with Crippen LogP contribution in [0.2, 0.25) is 0 Å². The van der Waals surface area contributed by atoms with E-state index in [2.05, 4.69) is 4.90 Å². The van der Waals surface area contributed by atoms with Crippen molar-refractivity contribution >= 4 is 46.3 Å². The molecule has 3 aromatic rings. The SMILES string of the molecule is O=C(O)c1ccc(OCCCN2C(=O)C(=Cc3cc(-c4cc(C(F)(F)F)cc(C(F)(F)F)c4)ccc3OCCCN3CCOCC3)SC2=S)cc1. The predicted octanol–water partition coefficient (Wildman–Crippen LogP) is 7.86. The normalized spacial score (nSPS) is 16.6. The number of morpholine rings is 1. The number of halogens is 6. The minimum atomic E-state index is -5.02. The van der Waals surface area contributed by atoms with Crippen molar-refractivity contribution in [1.82, 2.24) is 9.80 Å². The molecule has 2 aliphatic heterocycles. The summed E-state index contributed by atoms with van der Waals surface area (Å²) in [5.41, 5.74) is -2.75. The molecule has 16 heteroatoms. The first-order valence-corrected chi connectivity index (χ1v) is 17.0. The Labute approximate surface area is 299 Å². The summed E-state index contributed by atoms with van der Waals surface area (Å²) in [4.78, 5) is 28.3. The molecule has 0 aliphatic carbocycles. The summed E-state index contributed by atoms with van der Waals surface area (Å²) < 4.78 is 99.1. The number of thiocarbonyl (C=S) groups is 1. The lowest BCUT2D eigenvalue weighted by atomic mass is 9.97. The number of amides is 1. The Balaban J connectivity index is 1.36. The second-order valence-electron chi connectivity index (χ2n) is 11.6. The molecule has 1 amide bonds. The van der Waals surface area contributed by atoms with Crippen LogP contribution in [-0.4, -0.2) is 83.7 Å². The third-order valence-electron chi connectivity index (χ3n) is 7.97. The van der Waals surface area contributed by atoms with Gasteiger partial charge in [0, 0.05) is 31.7 Å². The molecule has 3 aromatic carbocycles. The first kappa shape index (κ1) is 38.1. The topological polar surface area (TPSA) is 88.5 Å². The van der Waals surface area contributed by atoms with Crippen LogP contribution in [0.15, 0.2) is 65.6 Å². The van der Waals surface area contributed by atoms with Crippen molar-refractivity contribution in [2.75, 3.05) is 52.6 Å². The number of rotatable bonds is 13. The maximum atomic E-state index is 13.6. The van der Waals surface area contributed by atoms with Gasteiger partial charge in [0.2, 0.25) is 0 Å². The lowest BCUT2D eigenvalue weighted by Gasteiger charge is -2.26. The van der Waals surface area contributed by atoms with E-state index in [0.717, 1.165) is 31.4 Å². The molecule has 272 valence electrons. The molecule has 0 aromatic heterocycles. The van der Waals surface area contributed by atoms with Crippen LogP contribution < -0.4 is 9.47 Å². The number of aromatic carboxylic acids is 1. The highest BCUT2D eigenvalue weighted by Gasteiger charge is 2.37. The molecule has 0 radical (unpaired) electrons. The first-order valence-electron chi connectivity index (χ1n) is 15.8. The number of nitrogens with zero attached hydrogens (tertiary/aromatic N) is 2. The molecule has 2 saturated heterocycles. The van der Waals surface area contributed by atoms with Crippen molar-refractivity contribution in [3.8, 4) is 22.6 Å². The van der Waals surface area contributed by atoms with Crippen molar-refractivity contribution in [2.45, 2.75) is 25.2 Å². The van der Waals surface area contributed by atoms with E-state index < -0.39 is 35.4 Å². The number of benzene rings is 3. The largest absolute Gasteiger partial charge is 0.494 e. The molecule has 2 aliphatic rings. The Morgan fingerprint density at radius 2 is 1.49 bits per heavy atom. The standard InChI is InChI=1S/C35H32F6N2O6S2/c36-34(37,38)26-18-24(19-27(21-26)35(39,40)41)23-5-8-29(49-14-1-9-42-11-15-47-16-12-42)25(17-23)20-30-31(44)43(33(50)51-30)10-2-13-48-28-6-3-22(4-7-28)32(45)46/h3-8,17-21H,1-2,9-16H2,(H,45,46). The van der Waals surface area contributed by atoms with Gasteiger partial charge in [0.25, 0.3) is 5.91 Å². The van der Waals surface area contributed by atoms with E-state index in [-0.39, 0.29) is 63.1 Å². The molecular weight excluding hydrogens is 723 g/mol. The Morgan fingerprint density at radius 1 is 0.863 bits per heavy atom. The van der Waals surface area contributed by atoms with Crippen LogP contribution in [0, 0.1) is 0 Å². The second-order valence-corrected chi connectivity index (χ2v) is 13.2. The average molecular weight is 755 g/mol. The molecule has 2 heterocycles. The lowest BCUT2D eigenvalue weighted by Crippen LogP contribution is -2.37. The maximum Gasteiger partial charge on any atom is 0.416 e. The van der Waals surface area contributed by atoms with Gasteiger partial charge < -0.3 is 19.3 Å². The summed E-state index contributed by atoms with van der Waals surface area (Å²) in [7, 11) is 0. The van der Waals surface area contributed by atoms with Crippen molar-refractivity contribution < 1.29 is 55.2 Å². The third-order valence-corrected chi connectivity index (χ3v) is 9.34. The van der Waals surface area contributed by atoms with Crippen LogP contribution in [0.25, 0.3) is 17.2 Å². The minimum Gasteiger partial charge on any atom is -0.494 e. The van der Waals surface area contributed by atoms with Gasteiger partial charge in [0.1, 0.15) is 15.8 Å². The number of ether oxygens (including phenoxy) is 3. The molecule has 0 bridgehead atoms. The lowest BCUT2D eigenvalue weighted by molar-refractivity contribution is -0.143. The average Bonchev–Trinajstić information content (AvgIpc) is 3.36. The smallest absolute Gasteiger partial charge is 0.416 e. The Kier molecular flexibility index (Phi) is 12.3. The molecular formula is C35H32F6N2O6S2. The number of carbonyl (C=O) groups excluding carboxylic acids is 1. The minimum absolute atomic E-state index is 0.0579. The van der Waals surface area contributed by atoms with E-state index in [1.807, 2.05) is 0 Å². The van der Waals surface area contributed by atoms with E-state index in [0.29, 0.717) is 43.9 Å². The van der Waals surface area contributed by atoms with Crippen LogP contribution in [-0.2, 0) is 21.9 Å². The van der Waals surface area contributed by atoms with Crippen LogP contribution in [0.1, 0.15) is 39.9 Å². The number of carbonyl (C=O) groups is 2. The Bertz CT molecular complexity index is 1740. The zero-order valence-corrected chi connectivity index (χ0v) is 28.5. The molecule has 0 unspecified atom stereocenters. The van der Waals surface area contributed by atoms with Crippen LogP contribution in [0.4, 0.5) is 26.3 Å². The van der Waals surface area contributed by atoms with Crippen LogP contribution >= 0.6 is 24.0 Å². The van der Waals surface area contributed by atoms with Crippen LogP contribution in [0.3, 0.4) is 0 Å². The molecule has 8 nitrogen and oxygen atoms in total. The number of carboxylic acids is 1. The summed E-state index contributed by atoms with van der Waals surface area (Å²) in [5.74, 6) is -0.760. The summed E-state index contributed by atoms with van der Waals surface area (Å²) in [6.45, 7) is 4.22. The number of hydrogen-bond acceptors (Lipinski definition) is 8. The van der Waals surface area contributed by atoms with Gasteiger partial charge in [-0.1, -0.05) is 30.0 Å². The fourth-order valence-electron chi connectivity index (χ4n) is 5.33. The van der Waals surface area contributed by atoms with Crippen molar-refractivity contribution in [3.63, 3.8) is 0 Å². The number of thioether (sulfide) groups is 1. The maximum absolute atomic E-state index is 13.6. The molecule has 5 rings (SSSR count). The second kappa shape index (κ2) is 16.5. The van der Waals surface area contributed by atoms with Crippen molar-refractivity contribution in [1.29, 1.82) is 0 Å². The van der Waals surface area contributed by atoms with Gasteiger partial charge in [-0.15, -0.1) is 0 Å². The quantitative estimate of drug-likeness (QED) is 0.0812. The summed E-state index contributed by atoms with van der Waals surface area (Å²) in [5, 5.41) is 9.04. The highest BCUT2D eigenvalue weighted by atomic mass is 32.2. The number of alkyl halides is 6. The molecule has 1 N–H and O–H groups in total. The monoisotopic (exact) mass is 754 g/mol. The van der Waals surface area contributed by atoms with Gasteiger partial charge in [0.15, 0.2) is 0 Å². The molecule has 0 atom stereocenters. The fraction of sp³-hybridized carbons (Fsp3) is 0.343. The Hall–Kier alpha value is -4.12. The summed E-state index contributed by atoms with van der Waals surface area (Å²) >= 11 is 6.45. The summed E-state index contributed by atoms with van der Waals surface area (Å²) in [6, 6.07) is 11.5. The fourth-order valence-corrected chi connectivity index (χ4v) is 6.63. The van der Waals surface area contributed by atoms with Gasteiger partial charge in [-0.05, 0) is 84.6 Å². The molecule has 0 saturated carbocycles. The van der Waals surface area contributed by atoms with E-state index >= 15 is 0 Å². The third kappa shape index (κ3) is 10.2. The number of hydrogen-bond donors (Lipinski definition) is 1. The Morgan fingerprint density at radius 3 is 2.12 bits per heavy atom. The molecule has 2 fully saturated rings. The van der Waals surface area contributed by atoms with Crippen LogP contribution in [0.5, 0.6) is 11.5 Å². The molecule has 0 spiro atoms. The van der Waals surface area contributed by atoms with Crippen molar-refractivity contribution in [2.24, 2.45) is 0 Å². The van der Waals surface area contributed by atoms with E-state index in [4.69, 9.17) is 31.5 Å². The van der Waals surface area contributed by atoms with Gasteiger partial charge in [0.05, 0.1) is 48.0 Å². The van der Waals surface area contributed by atoms with Gasteiger partial charge in [-0.2, -0.15) is 26.3 Å². The van der Waals surface area contributed by atoms with E-state index in [1.165, 1.54) is 53.4 Å². The summed E-state index contributed by atoms with van der Waals surface area (Å²) in [6.07, 6.45) is -7.56. The highest BCUT2D eigenvalue weighted by Crippen LogP contribution is 2.40. The van der Waals surface area contributed by atoms with Gasteiger partial charge in [-0.25, -0.2) is 4.79 Å². The van der Waals surface area contributed by atoms with Gasteiger partial charge >= 0.3 is 18.3 Å². The van der Waals surface area contributed by atoms with Crippen molar-refractivity contribution in [3.05, 3.63) is 87.8 Å². The molecule has 51 heavy (non-hydrogen) atoms. The van der Waals surface area contributed by atoms with E-state index in [9.17, 15) is 35.9 Å². The highest BCUT2D eigenvalue weighted by molar-refractivity contribution is 8.26. The zero-order valence-electron chi connectivity index (χ0n) is 26.9. The number of carboxylic acid groups (broad SMARTS) is 1. The first-order chi connectivity index (χ1) is 24.2. The van der Waals surface area contributed by atoms with E-state index in [1.54, 1.807) is 0 Å². The predicted molar refractivity (Wildman–Crippen MR) is 183 cm³/mol.